The lowest BCUT2D eigenvalue weighted by molar-refractivity contribution is -0.138. The van der Waals surface area contributed by atoms with Gasteiger partial charge in [0.1, 0.15) is 0 Å². The molecule has 0 aliphatic carbocycles. The summed E-state index contributed by atoms with van der Waals surface area (Å²) >= 11 is 0. The van der Waals surface area contributed by atoms with Gasteiger partial charge in [0, 0.05) is 20.6 Å². The number of nitrogens with zero attached hydrogens (tertiary/aromatic N) is 1. The normalized spacial score (nSPS) is 14.1. The van der Waals surface area contributed by atoms with Crippen LogP contribution >= 0.6 is 0 Å². The van der Waals surface area contributed by atoms with Crippen molar-refractivity contribution in [2.45, 2.75) is 12.2 Å². The second kappa shape index (κ2) is 5.48. The van der Waals surface area contributed by atoms with Crippen LogP contribution in [-0.4, -0.2) is 25.6 Å². The maximum absolute atomic E-state index is 12.8. The van der Waals surface area contributed by atoms with Gasteiger partial charge in [-0.05, 0) is 11.6 Å². The third kappa shape index (κ3) is 3.69. The van der Waals surface area contributed by atoms with Crippen LogP contribution in [0, 0.1) is 0 Å². The highest BCUT2D eigenvalue weighted by Crippen LogP contribution is 2.34. The molecule has 1 aromatic carbocycles. The molecule has 0 aliphatic heterocycles. The van der Waals surface area contributed by atoms with Gasteiger partial charge in [0.15, 0.2) is 0 Å². The Morgan fingerprint density at radius 1 is 1.29 bits per heavy atom. The molecule has 3 nitrogen and oxygen atoms in total. The first-order chi connectivity index (χ1) is 7.86. The van der Waals surface area contributed by atoms with Crippen molar-refractivity contribution >= 4 is 0 Å². The number of halogens is 3. The van der Waals surface area contributed by atoms with Gasteiger partial charge >= 0.3 is 6.18 Å². The molecule has 1 aromatic rings. The van der Waals surface area contributed by atoms with Gasteiger partial charge in [0.05, 0.1) is 11.6 Å². The lowest BCUT2D eigenvalue weighted by Gasteiger charge is -2.24. The number of hydrogen-bond acceptors (Lipinski definition) is 3. The van der Waals surface area contributed by atoms with Gasteiger partial charge in [-0.25, -0.2) is 10.4 Å². The summed E-state index contributed by atoms with van der Waals surface area (Å²) in [5.74, 6) is 0. The van der Waals surface area contributed by atoms with Crippen LogP contribution in [0.25, 0.3) is 0 Å². The van der Waals surface area contributed by atoms with Crippen LogP contribution < -0.4 is 11.2 Å². The Hall–Kier alpha value is -1.11. The molecular formula is C11H16F3N3. The molecule has 0 aromatic heterocycles. The van der Waals surface area contributed by atoms with Crippen molar-refractivity contribution in [3.05, 3.63) is 35.4 Å². The van der Waals surface area contributed by atoms with E-state index in [2.05, 4.69) is 5.43 Å². The minimum Gasteiger partial charge on any atom is -0.329 e. The Bertz CT molecular complexity index is 363. The summed E-state index contributed by atoms with van der Waals surface area (Å²) in [6, 6.07) is 4.90. The van der Waals surface area contributed by atoms with Gasteiger partial charge in [-0.3, -0.25) is 0 Å². The van der Waals surface area contributed by atoms with Gasteiger partial charge in [-0.1, -0.05) is 18.2 Å². The quantitative estimate of drug-likeness (QED) is 0.797. The van der Waals surface area contributed by atoms with Crippen molar-refractivity contribution in [1.29, 1.82) is 0 Å². The Balaban J connectivity index is 3.11. The fourth-order valence-corrected chi connectivity index (χ4v) is 1.62. The predicted molar refractivity (Wildman–Crippen MR) is 60.1 cm³/mol. The molecule has 96 valence electrons. The second-order valence-corrected chi connectivity index (χ2v) is 3.90. The van der Waals surface area contributed by atoms with E-state index >= 15 is 0 Å². The van der Waals surface area contributed by atoms with Crippen LogP contribution in [0.15, 0.2) is 24.3 Å². The highest BCUT2D eigenvalue weighted by molar-refractivity contribution is 5.32. The van der Waals surface area contributed by atoms with E-state index in [0.717, 1.165) is 6.07 Å². The van der Waals surface area contributed by atoms with E-state index in [1.54, 1.807) is 25.2 Å². The third-order valence-electron chi connectivity index (χ3n) is 2.29. The van der Waals surface area contributed by atoms with Crippen LogP contribution in [0.4, 0.5) is 13.2 Å². The molecule has 0 heterocycles. The number of rotatable bonds is 4. The number of hydrazine groups is 1. The summed E-state index contributed by atoms with van der Waals surface area (Å²) in [7, 11) is 3.41. The molecule has 0 saturated carbocycles. The lowest BCUT2D eigenvalue weighted by atomic mass is 10.0. The molecule has 1 rings (SSSR count). The fourth-order valence-electron chi connectivity index (χ4n) is 1.62. The molecule has 1 unspecified atom stereocenters. The maximum atomic E-state index is 12.8. The minimum atomic E-state index is -4.36. The molecule has 0 radical (unpaired) electrons. The van der Waals surface area contributed by atoms with Crippen LogP contribution in [0.2, 0.25) is 0 Å². The zero-order valence-corrected chi connectivity index (χ0v) is 9.75. The lowest BCUT2D eigenvalue weighted by Crippen LogP contribution is -2.38. The maximum Gasteiger partial charge on any atom is 0.416 e. The smallest absolute Gasteiger partial charge is 0.329 e. The molecule has 0 amide bonds. The van der Waals surface area contributed by atoms with E-state index in [-0.39, 0.29) is 12.1 Å². The molecule has 6 heteroatoms. The van der Waals surface area contributed by atoms with Crippen LogP contribution in [0.3, 0.4) is 0 Å². The Morgan fingerprint density at radius 2 is 1.88 bits per heavy atom. The van der Waals surface area contributed by atoms with E-state index in [4.69, 9.17) is 5.73 Å². The Kier molecular flexibility index (Phi) is 4.50. The summed E-state index contributed by atoms with van der Waals surface area (Å²) in [5, 5.41) is 1.59. The van der Waals surface area contributed by atoms with Crippen molar-refractivity contribution in [3.63, 3.8) is 0 Å². The first-order valence-electron chi connectivity index (χ1n) is 5.16. The monoisotopic (exact) mass is 247 g/mol. The number of alkyl halides is 3. The second-order valence-electron chi connectivity index (χ2n) is 3.90. The number of benzene rings is 1. The largest absolute Gasteiger partial charge is 0.416 e. The van der Waals surface area contributed by atoms with Crippen LogP contribution in [-0.2, 0) is 6.18 Å². The van der Waals surface area contributed by atoms with Crippen LogP contribution in [0.1, 0.15) is 17.2 Å². The van der Waals surface area contributed by atoms with Crippen LogP contribution in [0.5, 0.6) is 0 Å². The molecule has 0 aliphatic rings. The van der Waals surface area contributed by atoms with E-state index in [1.165, 1.54) is 12.1 Å². The van der Waals surface area contributed by atoms with Gasteiger partial charge < -0.3 is 5.73 Å². The molecule has 3 N–H and O–H groups in total. The van der Waals surface area contributed by atoms with E-state index in [9.17, 15) is 13.2 Å². The zero-order valence-electron chi connectivity index (χ0n) is 9.75. The molecule has 0 fully saturated rings. The van der Waals surface area contributed by atoms with Gasteiger partial charge in [-0.2, -0.15) is 13.2 Å². The summed E-state index contributed by atoms with van der Waals surface area (Å²) < 4.78 is 38.4. The summed E-state index contributed by atoms with van der Waals surface area (Å²) in [5.41, 5.74) is 7.89. The summed E-state index contributed by atoms with van der Waals surface area (Å²) in [4.78, 5) is 0. The number of nitrogens with two attached hydrogens (primary N) is 1. The SMILES string of the molecule is CN(C)NC(CN)c1ccccc1C(F)(F)F. The van der Waals surface area contributed by atoms with E-state index in [1.807, 2.05) is 0 Å². The number of hydrogen-bond donors (Lipinski definition) is 2. The van der Waals surface area contributed by atoms with Crippen molar-refractivity contribution in [3.8, 4) is 0 Å². The highest BCUT2D eigenvalue weighted by atomic mass is 19.4. The molecule has 0 bridgehead atoms. The molecule has 0 saturated heterocycles. The zero-order chi connectivity index (χ0) is 13.1. The average Bonchev–Trinajstić information content (AvgIpc) is 2.24. The van der Waals surface area contributed by atoms with E-state index < -0.39 is 17.8 Å². The highest BCUT2D eigenvalue weighted by Gasteiger charge is 2.34. The third-order valence-corrected chi connectivity index (χ3v) is 2.29. The summed E-state index contributed by atoms with van der Waals surface area (Å²) in [6.45, 7) is 0.0886. The first-order valence-corrected chi connectivity index (χ1v) is 5.16. The van der Waals surface area contributed by atoms with Gasteiger partial charge in [0.25, 0.3) is 0 Å². The van der Waals surface area contributed by atoms with Gasteiger partial charge in [-0.15, -0.1) is 0 Å². The molecule has 0 spiro atoms. The van der Waals surface area contributed by atoms with Crippen molar-refractivity contribution < 1.29 is 13.2 Å². The molecule has 1 atom stereocenters. The van der Waals surface area contributed by atoms with Crippen molar-refractivity contribution in [2.75, 3.05) is 20.6 Å². The topological polar surface area (TPSA) is 41.3 Å². The predicted octanol–water partition coefficient (Wildman–Crippen LogP) is 1.77. The van der Waals surface area contributed by atoms with E-state index in [0.29, 0.717) is 0 Å². The number of nitrogens with one attached hydrogen (secondary N) is 1. The average molecular weight is 247 g/mol. The molecular weight excluding hydrogens is 231 g/mol. The standard InChI is InChI=1S/C11H16F3N3/c1-17(2)16-10(7-15)8-5-3-4-6-9(8)11(12,13)14/h3-6,10,16H,7,15H2,1-2H3. The fraction of sp³-hybridized carbons (Fsp3) is 0.455. The Morgan fingerprint density at radius 3 is 2.35 bits per heavy atom. The minimum absolute atomic E-state index is 0.0886. The summed E-state index contributed by atoms with van der Waals surface area (Å²) in [6.07, 6.45) is -4.36. The first kappa shape index (κ1) is 14.0. The van der Waals surface area contributed by atoms with Crippen molar-refractivity contribution in [1.82, 2.24) is 10.4 Å². The van der Waals surface area contributed by atoms with Crippen molar-refractivity contribution in [2.24, 2.45) is 5.73 Å². The Labute approximate surface area is 98.4 Å². The van der Waals surface area contributed by atoms with Gasteiger partial charge in [0.2, 0.25) is 0 Å². The molecule has 17 heavy (non-hydrogen) atoms.